The molecule has 1 unspecified atom stereocenters. The Hall–Kier alpha value is -1.55. The Kier molecular flexibility index (Phi) is 2.96. The van der Waals surface area contributed by atoms with Gasteiger partial charge in [-0.3, -0.25) is 4.79 Å². The smallest absolute Gasteiger partial charge is 0.223 e. The van der Waals surface area contributed by atoms with Gasteiger partial charge in [-0.15, -0.1) is 11.3 Å². The van der Waals surface area contributed by atoms with E-state index in [0.29, 0.717) is 6.42 Å². The molecule has 3 nitrogen and oxygen atoms in total. The van der Waals surface area contributed by atoms with Crippen LogP contribution in [0.3, 0.4) is 0 Å². The third-order valence-corrected chi connectivity index (χ3v) is 4.40. The van der Waals surface area contributed by atoms with E-state index in [9.17, 15) is 4.79 Å². The molecule has 0 N–H and O–H groups in total. The molecule has 0 aliphatic carbocycles. The van der Waals surface area contributed by atoms with Gasteiger partial charge in [0.1, 0.15) is 6.04 Å². The molecule has 1 atom stereocenters. The average molecular weight is 260 g/mol. The lowest BCUT2D eigenvalue weighted by atomic mass is 10.1. The van der Waals surface area contributed by atoms with Gasteiger partial charge in [0.25, 0.3) is 0 Å². The van der Waals surface area contributed by atoms with E-state index in [4.69, 9.17) is 0 Å². The van der Waals surface area contributed by atoms with Crippen LogP contribution in [-0.4, -0.2) is 21.9 Å². The predicted molar refractivity (Wildman–Crippen MR) is 72.6 cm³/mol. The van der Waals surface area contributed by atoms with Gasteiger partial charge in [-0.2, -0.15) is 0 Å². The maximum atomic E-state index is 12.1. The number of hydrogen-bond acceptors (Lipinski definition) is 2. The highest BCUT2D eigenvalue weighted by molar-refractivity contribution is 7.10. The number of nitrogens with zero attached hydrogens (tertiary/aromatic N) is 2. The second kappa shape index (κ2) is 4.61. The summed E-state index contributed by atoms with van der Waals surface area (Å²) >= 11 is 1.72. The number of carbonyl (C=O) groups excluding carboxylic acids is 1. The second-order valence-corrected chi connectivity index (χ2v) is 5.46. The molecule has 18 heavy (non-hydrogen) atoms. The molecular weight excluding hydrogens is 244 g/mol. The molecule has 0 aromatic carbocycles. The zero-order valence-corrected chi connectivity index (χ0v) is 11.2. The van der Waals surface area contributed by atoms with Crippen LogP contribution in [-0.2, 0) is 11.3 Å². The Labute approximate surface area is 111 Å². The van der Waals surface area contributed by atoms with Gasteiger partial charge in [0.05, 0.1) is 0 Å². The number of fused-ring (bicyclic) bond motifs is 1. The van der Waals surface area contributed by atoms with Crippen molar-refractivity contribution in [3.8, 4) is 0 Å². The van der Waals surface area contributed by atoms with Gasteiger partial charge in [0.15, 0.2) is 0 Å². The Morgan fingerprint density at radius 3 is 3.00 bits per heavy atom. The van der Waals surface area contributed by atoms with Crippen LogP contribution in [0.4, 0.5) is 0 Å². The molecule has 0 spiro atoms. The van der Waals surface area contributed by atoms with E-state index in [2.05, 4.69) is 40.4 Å². The molecule has 0 saturated carbocycles. The molecule has 1 aliphatic heterocycles. The summed E-state index contributed by atoms with van der Waals surface area (Å²) in [5.74, 6) is 0.237. The standard InChI is InChI=1S/C14H16N2OS/c1-2-13(17)16-9-8-15-7-3-5-11(15)14(16)12-6-4-10-18-12/h3-7,10,14H,2,8-9H2,1H3. The van der Waals surface area contributed by atoms with Gasteiger partial charge >= 0.3 is 0 Å². The van der Waals surface area contributed by atoms with Gasteiger partial charge < -0.3 is 9.47 Å². The lowest BCUT2D eigenvalue weighted by molar-refractivity contribution is -0.133. The fourth-order valence-electron chi connectivity index (χ4n) is 2.60. The first kappa shape index (κ1) is 11.5. The van der Waals surface area contributed by atoms with E-state index < -0.39 is 0 Å². The van der Waals surface area contributed by atoms with Crippen molar-refractivity contribution in [2.45, 2.75) is 25.9 Å². The van der Waals surface area contributed by atoms with E-state index in [1.165, 1.54) is 10.6 Å². The first-order chi connectivity index (χ1) is 8.81. The number of hydrogen-bond donors (Lipinski definition) is 0. The summed E-state index contributed by atoms with van der Waals surface area (Å²) in [6.45, 7) is 3.63. The first-order valence-corrected chi connectivity index (χ1v) is 7.17. The number of thiophene rings is 1. The summed E-state index contributed by atoms with van der Waals surface area (Å²) in [6.07, 6.45) is 2.67. The van der Waals surface area contributed by atoms with Crippen LogP contribution in [0.5, 0.6) is 0 Å². The summed E-state index contributed by atoms with van der Waals surface area (Å²) in [5.41, 5.74) is 1.23. The zero-order chi connectivity index (χ0) is 12.5. The molecule has 0 bridgehead atoms. The van der Waals surface area contributed by atoms with Gasteiger partial charge in [-0.05, 0) is 23.6 Å². The van der Waals surface area contributed by atoms with Crippen LogP contribution in [0.15, 0.2) is 35.8 Å². The van der Waals surface area contributed by atoms with Gasteiger partial charge in [-0.25, -0.2) is 0 Å². The van der Waals surface area contributed by atoms with Crippen molar-refractivity contribution in [2.75, 3.05) is 6.54 Å². The molecular formula is C14H16N2OS. The quantitative estimate of drug-likeness (QED) is 0.815. The summed E-state index contributed by atoms with van der Waals surface area (Å²) in [6, 6.07) is 8.46. The Morgan fingerprint density at radius 1 is 1.39 bits per heavy atom. The molecule has 3 rings (SSSR count). The minimum Gasteiger partial charge on any atom is -0.347 e. The van der Waals surface area contributed by atoms with Crippen molar-refractivity contribution in [3.63, 3.8) is 0 Å². The van der Waals surface area contributed by atoms with Crippen molar-refractivity contribution < 1.29 is 4.79 Å². The third kappa shape index (κ3) is 1.77. The van der Waals surface area contributed by atoms with E-state index in [1.807, 2.05) is 11.8 Å². The van der Waals surface area contributed by atoms with Crippen molar-refractivity contribution in [1.29, 1.82) is 0 Å². The number of amides is 1. The fraction of sp³-hybridized carbons (Fsp3) is 0.357. The van der Waals surface area contributed by atoms with Crippen LogP contribution in [0.1, 0.15) is 30.0 Å². The van der Waals surface area contributed by atoms with Gasteiger partial charge in [0, 0.05) is 36.3 Å². The molecule has 0 radical (unpaired) electrons. The van der Waals surface area contributed by atoms with Gasteiger partial charge in [0.2, 0.25) is 5.91 Å². The fourth-order valence-corrected chi connectivity index (χ4v) is 3.45. The first-order valence-electron chi connectivity index (χ1n) is 6.29. The average Bonchev–Trinajstić information content (AvgIpc) is 3.07. The van der Waals surface area contributed by atoms with E-state index in [1.54, 1.807) is 11.3 Å². The van der Waals surface area contributed by atoms with E-state index in [0.717, 1.165) is 13.1 Å². The Morgan fingerprint density at radius 2 is 2.28 bits per heavy atom. The van der Waals surface area contributed by atoms with Crippen molar-refractivity contribution >= 4 is 17.2 Å². The van der Waals surface area contributed by atoms with Crippen LogP contribution in [0.2, 0.25) is 0 Å². The Bertz CT molecular complexity index is 544. The van der Waals surface area contributed by atoms with Crippen LogP contribution >= 0.6 is 11.3 Å². The summed E-state index contributed by atoms with van der Waals surface area (Å²) in [5, 5.41) is 2.08. The highest BCUT2D eigenvalue weighted by Crippen LogP contribution is 2.35. The predicted octanol–water partition coefficient (Wildman–Crippen LogP) is 2.89. The lowest BCUT2D eigenvalue weighted by Gasteiger charge is -2.36. The number of carbonyl (C=O) groups is 1. The summed E-state index contributed by atoms with van der Waals surface area (Å²) < 4.78 is 2.25. The highest BCUT2D eigenvalue weighted by atomic mass is 32.1. The molecule has 2 aromatic rings. The van der Waals surface area contributed by atoms with Gasteiger partial charge in [-0.1, -0.05) is 13.0 Å². The van der Waals surface area contributed by atoms with Crippen LogP contribution in [0, 0.1) is 0 Å². The topological polar surface area (TPSA) is 25.2 Å². The van der Waals surface area contributed by atoms with Crippen LogP contribution in [0.25, 0.3) is 0 Å². The second-order valence-electron chi connectivity index (χ2n) is 4.49. The molecule has 4 heteroatoms. The summed E-state index contributed by atoms with van der Waals surface area (Å²) in [4.78, 5) is 15.4. The van der Waals surface area contributed by atoms with Crippen molar-refractivity contribution in [2.24, 2.45) is 0 Å². The lowest BCUT2D eigenvalue weighted by Crippen LogP contribution is -2.41. The maximum Gasteiger partial charge on any atom is 0.223 e. The third-order valence-electron chi connectivity index (χ3n) is 3.47. The summed E-state index contributed by atoms with van der Waals surface area (Å²) in [7, 11) is 0. The van der Waals surface area contributed by atoms with Crippen molar-refractivity contribution in [3.05, 3.63) is 46.4 Å². The molecule has 1 amide bonds. The normalized spacial score (nSPS) is 18.7. The van der Waals surface area contributed by atoms with Crippen molar-refractivity contribution in [1.82, 2.24) is 9.47 Å². The largest absolute Gasteiger partial charge is 0.347 e. The molecule has 94 valence electrons. The van der Waals surface area contributed by atoms with E-state index >= 15 is 0 Å². The number of aromatic nitrogens is 1. The maximum absolute atomic E-state index is 12.1. The molecule has 1 aliphatic rings. The Balaban J connectivity index is 2.05. The minimum atomic E-state index is 0.0983. The molecule has 2 aromatic heterocycles. The highest BCUT2D eigenvalue weighted by Gasteiger charge is 2.31. The van der Waals surface area contributed by atoms with E-state index in [-0.39, 0.29) is 11.9 Å². The monoisotopic (exact) mass is 260 g/mol. The molecule has 3 heterocycles. The zero-order valence-electron chi connectivity index (χ0n) is 10.4. The number of rotatable bonds is 2. The molecule has 0 fully saturated rings. The molecule has 0 saturated heterocycles. The SMILES string of the molecule is CCC(=O)N1CCn2cccc2C1c1cccs1. The minimum absolute atomic E-state index is 0.0983. The van der Waals surface area contributed by atoms with Crippen LogP contribution < -0.4 is 0 Å².